The molecule has 1 heterocycles. The van der Waals surface area contributed by atoms with Gasteiger partial charge in [-0.05, 0) is 25.0 Å². The molecule has 1 aliphatic carbocycles. The van der Waals surface area contributed by atoms with E-state index in [9.17, 15) is 4.39 Å². The molecule has 0 N–H and O–H groups in total. The highest BCUT2D eigenvalue weighted by Gasteiger charge is 2.23. The maximum absolute atomic E-state index is 13.0. The highest BCUT2D eigenvalue weighted by atomic mass is 19.1. The van der Waals surface area contributed by atoms with Crippen LogP contribution in [0.3, 0.4) is 0 Å². The quantitative estimate of drug-likeness (QED) is 0.601. The Morgan fingerprint density at radius 1 is 1.45 bits per heavy atom. The highest BCUT2D eigenvalue weighted by molar-refractivity contribution is 5.14. The summed E-state index contributed by atoms with van der Waals surface area (Å²) in [6, 6.07) is 3.12. The van der Waals surface area contributed by atoms with E-state index in [1.165, 1.54) is 12.5 Å². The summed E-state index contributed by atoms with van der Waals surface area (Å²) in [7, 11) is 0. The van der Waals surface area contributed by atoms with Crippen molar-refractivity contribution in [1.82, 2.24) is 4.98 Å². The van der Waals surface area contributed by atoms with Crippen molar-refractivity contribution in [2.24, 2.45) is 0 Å². The predicted molar refractivity (Wildman–Crippen MR) is 40.8 cm³/mol. The first kappa shape index (κ1) is 6.77. The van der Waals surface area contributed by atoms with Crippen LogP contribution in [-0.4, -0.2) is 4.98 Å². The average Bonchev–Trinajstić information content (AvgIpc) is 1.90. The van der Waals surface area contributed by atoms with Gasteiger partial charge in [-0.2, -0.15) is 0 Å². The Balaban J connectivity index is 2.28. The van der Waals surface area contributed by atoms with Gasteiger partial charge in [0.2, 0.25) is 0 Å². The summed E-state index contributed by atoms with van der Waals surface area (Å²) in [5.74, 6) is 0.258. The third-order valence-corrected chi connectivity index (χ3v) is 2.28. The number of rotatable bonds is 1. The Labute approximate surface area is 65.3 Å². The van der Waals surface area contributed by atoms with Crippen molar-refractivity contribution in [1.29, 1.82) is 0 Å². The van der Waals surface area contributed by atoms with Crippen molar-refractivity contribution in [3.05, 3.63) is 29.8 Å². The predicted octanol–water partition coefficient (Wildman–Crippen LogP) is 2.49. The molecule has 1 saturated carbocycles. The van der Waals surface area contributed by atoms with Crippen LogP contribution in [0.4, 0.5) is 4.39 Å². The Bertz CT molecular complexity index is 255. The monoisotopic (exact) mass is 151 g/mol. The third kappa shape index (κ3) is 1.13. The first-order valence-electron chi connectivity index (χ1n) is 3.98. The molecule has 1 aromatic heterocycles. The van der Waals surface area contributed by atoms with E-state index in [0.29, 0.717) is 11.6 Å². The van der Waals surface area contributed by atoms with Crippen LogP contribution in [0, 0.1) is 5.82 Å². The van der Waals surface area contributed by atoms with Gasteiger partial charge in [-0.3, -0.25) is 4.98 Å². The zero-order chi connectivity index (χ0) is 7.68. The molecule has 0 bridgehead atoms. The molecule has 1 fully saturated rings. The van der Waals surface area contributed by atoms with Gasteiger partial charge in [0.1, 0.15) is 5.82 Å². The van der Waals surface area contributed by atoms with Crippen molar-refractivity contribution in [2.45, 2.75) is 25.2 Å². The fourth-order valence-electron chi connectivity index (χ4n) is 1.38. The van der Waals surface area contributed by atoms with Gasteiger partial charge in [0.05, 0.1) is 5.69 Å². The van der Waals surface area contributed by atoms with Gasteiger partial charge >= 0.3 is 0 Å². The minimum Gasteiger partial charge on any atom is -0.258 e. The summed E-state index contributed by atoms with van der Waals surface area (Å²) in [4.78, 5) is 4.03. The van der Waals surface area contributed by atoms with Gasteiger partial charge in [0.25, 0.3) is 0 Å². The smallest absolute Gasteiger partial charge is 0.144 e. The maximum Gasteiger partial charge on any atom is 0.144 e. The highest BCUT2D eigenvalue weighted by Crippen LogP contribution is 2.35. The van der Waals surface area contributed by atoms with E-state index in [1.807, 2.05) is 0 Å². The van der Waals surface area contributed by atoms with Gasteiger partial charge in [-0.1, -0.05) is 6.42 Å². The number of hydrogen-bond acceptors (Lipinski definition) is 1. The summed E-state index contributed by atoms with van der Waals surface area (Å²) < 4.78 is 13.0. The second kappa shape index (κ2) is 2.61. The zero-order valence-corrected chi connectivity index (χ0v) is 6.26. The molecular weight excluding hydrogens is 141 g/mol. The van der Waals surface area contributed by atoms with Crippen LogP contribution in [0.1, 0.15) is 30.9 Å². The number of halogens is 1. The Hall–Kier alpha value is -0.920. The standard InChI is InChI=1S/C9H10FN/c10-8-5-2-6-11-9(8)7-3-1-4-7/h2,5-7H,1,3-4H2. The third-order valence-electron chi connectivity index (χ3n) is 2.28. The van der Waals surface area contributed by atoms with Crippen LogP contribution in [0.5, 0.6) is 0 Å². The topological polar surface area (TPSA) is 12.9 Å². The molecule has 0 saturated heterocycles. The molecule has 2 rings (SSSR count). The van der Waals surface area contributed by atoms with E-state index < -0.39 is 0 Å². The molecule has 0 atom stereocenters. The molecule has 1 nitrogen and oxygen atoms in total. The summed E-state index contributed by atoms with van der Waals surface area (Å²) in [5, 5.41) is 0. The van der Waals surface area contributed by atoms with Crippen LogP contribution in [0.15, 0.2) is 18.3 Å². The van der Waals surface area contributed by atoms with E-state index in [-0.39, 0.29) is 5.82 Å². The molecule has 0 radical (unpaired) electrons. The normalized spacial score (nSPS) is 17.9. The number of pyridine rings is 1. The van der Waals surface area contributed by atoms with Crippen LogP contribution in [-0.2, 0) is 0 Å². The van der Waals surface area contributed by atoms with Crippen molar-refractivity contribution >= 4 is 0 Å². The number of hydrogen-bond donors (Lipinski definition) is 0. The van der Waals surface area contributed by atoms with E-state index in [2.05, 4.69) is 4.98 Å². The first-order valence-corrected chi connectivity index (χ1v) is 3.98. The molecule has 1 aromatic rings. The summed E-state index contributed by atoms with van der Waals surface area (Å²) >= 11 is 0. The van der Waals surface area contributed by atoms with E-state index in [0.717, 1.165) is 12.8 Å². The number of nitrogens with zero attached hydrogens (tertiary/aromatic N) is 1. The summed E-state index contributed by atoms with van der Waals surface area (Å²) in [6.07, 6.45) is 5.10. The van der Waals surface area contributed by atoms with Crippen molar-refractivity contribution in [3.63, 3.8) is 0 Å². The zero-order valence-electron chi connectivity index (χ0n) is 6.26. The minimum atomic E-state index is -0.141. The van der Waals surface area contributed by atoms with Gasteiger partial charge in [0.15, 0.2) is 0 Å². The molecule has 0 unspecified atom stereocenters. The fraction of sp³-hybridized carbons (Fsp3) is 0.444. The molecule has 0 aromatic carbocycles. The lowest BCUT2D eigenvalue weighted by atomic mass is 9.82. The lowest BCUT2D eigenvalue weighted by Crippen LogP contribution is -2.12. The first-order chi connectivity index (χ1) is 5.38. The lowest BCUT2D eigenvalue weighted by molar-refractivity contribution is 0.394. The van der Waals surface area contributed by atoms with Crippen LogP contribution in [0.25, 0.3) is 0 Å². The van der Waals surface area contributed by atoms with E-state index in [4.69, 9.17) is 0 Å². The molecule has 2 heteroatoms. The molecule has 0 aliphatic heterocycles. The van der Waals surface area contributed by atoms with Crippen molar-refractivity contribution in [3.8, 4) is 0 Å². The average molecular weight is 151 g/mol. The van der Waals surface area contributed by atoms with Crippen LogP contribution >= 0.6 is 0 Å². The maximum atomic E-state index is 13.0. The molecule has 1 aliphatic rings. The second-order valence-corrected chi connectivity index (χ2v) is 3.00. The van der Waals surface area contributed by atoms with Gasteiger partial charge < -0.3 is 0 Å². The van der Waals surface area contributed by atoms with Crippen molar-refractivity contribution < 1.29 is 4.39 Å². The Morgan fingerprint density at radius 3 is 2.82 bits per heavy atom. The van der Waals surface area contributed by atoms with Gasteiger partial charge in [-0.15, -0.1) is 0 Å². The molecule has 11 heavy (non-hydrogen) atoms. The largest absolute Gasteiger partial charge is 0.258 e. The van der Waals surface area contributed by atoms with E-state index in [1.54, 1.807) is 12.3 Å². The minimum absolute atomic E-state index is 0.141. The van der Waals surface area contributed by atoms with E-state index >= 15 is 0 Å². The Kier molecular flexibility index (Phi) is 1.60. The SMILES string of the molecule is Fc1cccnc1C1CCC1. The van der Waals surface area contributed by atoms with Crippen LogP contribution in [0.2, 0.25) is 0 Å². The Morgan fingerprint density at radius 2 is 2.27 bits per heavy atom. The van der Waals surface area contributed by atoms with Crippen molar-refractivity contribution in [2.75, 3.05) is 0 Å². The fourth-order valence-corrected chi connectivity index (χ4v) is 1.38. The lowest BCUT2D eigenvalue weighted by Gasteiger charge is -2.24. The summed E-state index contributed by atoms with van der Waals surface area (Å²) in [6.45, 7) is 0. The summed E-state index contributed by atoms with van der Waals surface area (Å²) in [5.41, 5.74) is 0.666. The molecular formula is C9H10FN. The van der Waals surface area contributed by atoms with Gasteiger partial charge in [0, 0.05) is 12.1 Å². The number of aromatic nitrogens is 1. The molecule has 0 spiro atoms. The molecule has 58 valence electrons. The molecule has 0 amide bonds. The second-order valence-electron chi connectivity index (χ2n) is 3.00. The van der Waals surface area contributed by atoms with Gasteiger partial charge in [-0.25, -0.2) is 4.39 Å². The van der Waals surface area contributed by atoms with Crippen LogP contribution < -0.4 is 0 Å².